The van der Waals surface area contributed by atoms with Gasteiger partial charge in [0.1, 0.15) is 6.10 Å². The largest absolute Gasteiger partial charge is 0.458 e. The summed E-state index contributed by atoms with van der Waals surface area (Å²) in [5.41, 5.74) is -0.143. The van der Waals surface area contributed by atoms with Gasteiger partial charge in [-0.3, -0.25) is 4.79 Å². The standard InChI is InChI=1S/C19H18F3N3O2/c20-19(21,22)16-10-11-23-18(24-16)27-15-7-4-12-25(13-15)17(26)9-8-14-5-2-1-3-6-14/h1-3,5-6,8-11,15H,4,7,12-13H2/b9-8+. The number of amides is 1. The molecule has 1 saturated heterocycles. The number of likely N-dealkylation sites (tertiary alicyclic amines) is 1. The number of alkyl halides is 3. The van der Waals surface area contributed by atoms with Gasteiger partial charge in [0.05, 0.1) is 6.54 Å². The summed E-state index contributed by atoms with van der Waals surface area (Å²) in [7, 11) is 0. The lowest BCUT2D eigenvalue weighted by molar-refractivity contribution is -0.141. The molecule has 1 aromatic carbocycles. The molecule has 1 amide bonds. The van der Waals surface area contributed by atoms with E-state index in [0.717, 1.165) is 17.8 Å². The lowest BCUT2D eigenvalue weighted by atomic mass is 10.1. The first-order valence-corrected chi connectivity index (χ1v) is 8.51. The second-order valence-electron chi connectivity index (χ2n) is 6.13. The van der Waals surface area contributed by atoms with Crippen molar-refractivity contribution in [2.45, 2.75) is 25.1 Å². The number of carbonyl (C=O) groups is 1. The van der Waals surface area contributed by atoms with Crippen LogP contribution >= 0.6 is 0 Å². The Kier molecular flexibility index (Phi) is 5.73. The number of aromatic nitrogens is 2. The van der Waals surface area contributed by atoms with E-state index >= 15 is 0 Å². The van der Waals surface area contributed by atoms with E-state index < -0.39 is 18.0 Å². The zero-order valence-electron chi connectivity index (χ0n) is 14.4. The van der Waals surface area contributed by atoms with Gasteiger partial charge in [-0.15, -0.1) is 0 Å². The van der Waals surface area contributed by atoms with Crippen LogP contribution < -0.4 is 4.74 Å². The molecular weight excluding hydrogens is 359 g/mol. The molecule has 2 heterocycles. The molecule has 142 valence electrons. The minimum atomic E-state index is -4.56. The number of hydrogen-bond acceptors (Lipinski definition) is 4. The number of benzene rings is 1. The maximum Gasteiger partial charge on any atom is 0.433 e. The smallest absolute Gasteiger partial charge is 0.433 e. The van der Waals surface area contributed by atoms with E-state index in [0.29, 0.717) is 19.4 Å². The maximum absolute atomic E-state index is 12.7. The molecule has 3 rings (SSSR count). The fraction of sp³-hybridized carbons (Fsp3) is 0.316. The van der Waals surface area contributed by atoms with E-state index in [-0.39, 0.29) is 18.5 Å². The van der Waals surface area contributed by atoms with E-state index in [4.69, 9.17) is 4.74 Å². The summed E-state index contributed by atoms with van der Waals surface area (Å²) in [6, 6.07) is 9.88. The molecule has 0 spiro atoms. The highest BCUT2D eigenvalue weighted by atomic mass is 19.4. The third kappa shape index (κ3) is 5.29. The van der Waals surface area contributed by atoms with Crippen molar-refractivity contribution in [3.05, 3.63) is 59.9 Å². The molecule has 1 atom stereocenters. The Morgan fingerprint density at radius 2 is 2.00 bits per heavy atom. The Hall–Kier alpha value is -2.90. The van der Waals surface area contributed by atoms with Crippen LogP contribution in [-0.2, 0) is 11.0 Å². The minimum absolute atomic E-state index is 0.169. The van der Waals surface area contributed by atoms with Crippen molar-refractivity contribution in [3.63, 3.8) is 0 Å². The van der Waals surface area contributed by atoms with E-state index in [1.54, 1.807) is 11.0 Å². The van der Waals surface area contributed by atoms with Gasteiger partial charge in [-0.05, 0) is 30.5 Å². The van der Waals surface area contributed by atoms with Gasteiger partial charge >= 0.3 is 12.2 Å². The van der Waals surface area contributed by atoms with Crippen molar-refractivity contribution >= 4 is 12.0 Å². The number of ether oxygens (including phenoxy) is 1. The summed E-state index contributed by atoms with van der Waals surface area (Å²) in [4.78, 5) is 21.1. The van der Waals surface area contributed by atoms with Gasteiger partial charge in [-0.25, -0.2) is 4.98 Å². The highest BCUT2D eigenvalue weighted by molar-refractivity contribution is 5.91. The molecule has 1 fully saturated rings. The highest BCUT2D eigenvalue weighted by Crippen LogP contribution is 2.28. The Morgan fingerprint density at radius 3 is 2.74 bits per heavy atom. The van der Waals surface area contributed by atoms with Crippen molar-refractivity contribution in [2.24, 2.45) is 0 Å². The first-order valence-electron chi connectivity index (χ1n) is 8.51. The van der Waals surface area contributed by atoms with Gasteiger partial charge in [0.2, 0.25) is 5.91 Å². The lowest BCUT2D eigenvalue weighted by Crippen LogP contribution is -2.44. The summed E-state index contributed by atoms with van der Waals surface area (Å²) in [5.74, 6) is -0.169. The van der Waals surface area contributed by atoms with Crippen LogP contribution in [0.2, 0.25) is 0 Å². The van der Waals surface area contributed by atoms with Crippen LogP contribution in [0.4, 0.5) is 13.2 Å². The van der Waals surface area contributed by atoms with Crippen LogP contribution in [-0.4, -0.2) is 40.0 Å². The SMILES string of the molecule is O=C(/C=C/c1ccccc1)N1CCCC(Oc2nccc(C(F)(F)F)n2)C1. The minimum Gasteiger partial charge on any atom is -0.458 e. The van der Waals surface area contributed by atoms with E-state index in [1.165, 1.54) is 6.08 Å². The van der Waals surface area contributed by atoms with Gasteiger partial charge in [0.25, 0.3) is 0 Å². The van der Waals surface area contributed by atoms with Crippen LogP contribution in [0.5, 0.6) is 6.01 Å². The molecule has 1 unspecified atom stereocenters. The molecule has 0 aliphatic carbocycles. The van der Waals surface area contributed by atoms with Crippen LogP contribution in [0.1, 0.15) is 24.1 Å². The molecule has 0 N–H and O–H groups in total. The van der Waals surface area contributed by atoms with Crippen molar-refractivity contribution in [2.75, 3.05) is 13.1 Å². The fourth-order valence-corrected chi connectivity index (χ4v) is 2.78. The highest BCUT2D eigenvalue weighted by Gasteiger charge is 2.33. The average molecular weight is 377 g/mol. The van der Waals surface area contributed by atoms with Crippen molar-refractivity contribution in [1.29, 1.82) is 0 Å². The van der Waals surface area contributed by atoms with Crippen molar-refractivity contribution in [1.82, 2.24) is 14.9 Å². The monoisotopic (exact) mass is 377 g/mol. The Labute approximate surface area is 154 Å². The van der Waals surface area contributed by atoms with E-state index in [1.807, 2.05) is 30.3 Å². The zero-order chi connectivity index (χ0) is 19.3. The summed E-state index contributed by atoms with van der Waals surface area (Å²) in [6.45, 7) is 0.846. The fourth-order valence-electron chi connectivity index (χ4n) is 2.78. The van der Waals surface area contributed by atoms with Gasteiger partial charge in [-0.2, -0.15) is 18.2 Å². The first kappa shape index (κ1) is 18.9. The molecule has 0 saturated carbocycles. The second-order valence-corrected chi connectivity index (χ2v) is 6.13. The van der Waals surface area contributed by atoms with E-state index in [2.05, 4.69) is 9.97 Å². The number of carbonyl (C=O) groups excluding carboxylic acids is 1. The van der Waals surface area contributed by atoms with Gasteiger partial charge < -0.3 is 9.64 Å². The lowest BCUT2D eigenvalue weighted by Gasteiger charge is -2.31. The molecule has 27 heavy (non-hydrogen) atoms. The predicted molar refractivity (Wildman–Crippen MR) is 92.7 cm³/mol. The molecule has 5 nitrogen and oxygen atoms in total. The summed E-state index contributed by atoms with van der Waals surface area (Å²) in [5, 5.41) is 0. The van der Waals surface area contributed by atoms with Gasteiger partial charge in [0.15, 0.2) is 5.69 Å². The van der Waals surface area contributed by atoms with Crippen LogP contribution in [0, 0.1) is 0 Å². The molecule has 0 bridgehead atoms. The molecule has 1 aliphatic rings. The third-order valence-electron chi connectivity index (χ3n) is 4.10. The molecule has 0 radical (unpaired) electrons. The van der Waals surface area contributed by atoms with Crippen LogP contribution in [0.3, 0.4) is 0 Å². The average Bonchev–Trinajstić information content (AvgIpc) is 2.67. The van der Waals surface area contributed by atoms with Crippen LogP contribution in [0.25, 0.3) is 6.08 Å². The predicted octanol–water partition coefficient (Wildman–Crippen LogP) is 3.58. The number of piperidine rings is 1. The topological polar surface area (TPSA) is 55.3 Å². The molecular formula is C19H18F3N3O2. The van der Waals surface area contributed by atoms with Crippen LogP contribution in [0.15, 0.2) is 48.7 Å². The number of rotatable bonds is 4. The molecule has 8 heteroatoms. The van der Waals surface area contributed by atoms with Gasteiger partial charge in [0, 0.05) is 18.8 Å². The Bertz CT molecular complexity index is 809. The summed E-state index contributed by atoms with van der Waals surface area (Å²) in [6.07, 6.45) is 0.523. The maximum atomic E-state index is 12.7. The normalized spacial score (nSPS) is 17.9. The number of hydrogen-bond donors (Lipinski definition) is 0. The Balaban J connectivity index is 1.61. The molecule has 2 aromatic rings. The molecule has 1 aliphatic heterocycles. The summed E-state index contributed by atoms with van der Waals surface area (Å²) >= 11 is 0. The van der Waals surface area contributed by atoms with Crippen molar-refractivity contribution in [3.8, 4) is 6.01 Å². The van der Waals surface area contributed by atoms with Gasteiger partial charge in [-0.1, -0.05) is 30.3 Å². The van der Waals surface area contributed by atoms with Crippen molar-refractivity contribution < 1.29 is 22.7 Å². The third-order valence-corrected chi connectivity index (χ3v) is 4.10. The zero-order valence-corrected chi connectivity index (χ0v) is 14.4. The van der Waals surface area contributed by atoms with E-state index in [9.17, 15) is 18.0 Å². The molecule has 1 aromatic heterocycles. The first-order chi connectivity index (χ1) is 12.9. The number of halogens is 3. The Morgan fingerprint density at radius 1 is 1.22 bits per heavy atom. The number of nitrogens with zero attached hydrogens (tertiary/aromatic N) is 3. The second kappa shape index (κ2) is 8.20. The quantitative estimate of drug-likeness (QED) is 0.765. The summed E-state index contributed by atoms with van der Waals surface area (Å²) < 4.78 is 43.7.